The lowest BCUT2D eigenvalue weighted by Gasteiger charge is -2.25. The molecular weight excluding hydrogens is 268 g/mol. The van der Waals surface area contributed by atoms with Crippen LogP contribution >= 0.6 is 11.6 Å². The monoisotopic (exact) mass is 286 g/mol. The normalized spacial score (nSPS) is 13.0. The molecule has 1 aromatic rings. The van der Waals surface area contributed by atoms with Crippen molar-refractivity contribution in [2.45, 2.75) is 32.3 Å². The summed E-state index contributed by atoms with van der Waals surface area (Å²) in [6.07, 6.45) is -1.42. The molecule has 0 saturated carbocycles. The Bertz CT molecular complexity index is 477. The van der Waals surface area contributed by atoms with Crippen LogP contribution in [-0.2, 0) is 14.9 Å². The van der Waals surface area contributed by atoms with Crippen LogP contribution in [0.5, 0.6) is 5.75 Å². The van der Waals surface area contributed by atoms with Gasteiger partial charge in [0.05, 0.1) is 14.2 Å². The molecule has 0 radical (unpaired) electrons. The number of esters is 1. The van der Waals surface area contributed by atoms with E-state index in [1.807, 2.05) is 20.8 Å². The van der Waals surface area contributed by atoms with Crippen molar-refractivity contribution >= 4 is 17.6 Å². The van der Waals surface area contributed by atoms with E-state index in [4.69, 9.17) is 16.3 Å². The molecule has 0 aromatic heterocycles. The second-order valence-electron chi connectivity index (χ2n) is 5.25. The highest BCUT2D eigenvalue weighted by Gasteiger charge is 2.28. The SMILES string of the molecule is COC(=O)C(O)c1cc(Cl)cc(C(C)(C)C)c1OC. The zero-order valence-corrected chi connectivity index (χ0v) is 12.5. The first-order chi connectivity index (χ1) is 8.72. The first kappa shape index (κ1) is 15.8. The van der Waals surface area contributed by atoms with Crippen molar-refractivity contribution < 1.29 is 19.4 Å². The van der Waals surface area contributed by atoms with Gasteiger partial charge in [0.2, 0.25) is 0 Å². The minimum absolute atomic E-state index is 0.235. The fourth-order valence-corrected chi connectivity index (χ4v) is 2.07. The summed E-state index contributed by atoms with van der Waals surface area (Å²) < 4.78 is 9.89. The molecule has 0 bridgehead atoms. The molecule has 19 heavy (non-hydrogen) atoms. The summed E-state index contributed by atoms with van der Waals surface area (Å²) in [5.41, 5.74) is 0.896. The number of carbonyl (C=O) groups is 1. The van der Waals surface area contributed by atoms with Crippen molar-refractivity contribution in [3.05, 3.63) is 28.3 Å². The number of aliphatic hydroxyl groups is 1. The number of hydrogen-bond acceptors (Lipinski definition) is 4. The Morgan fingerprint density at radius 2 is 1.89 bits per heavy atom. The lowest BCUT2D eigenvalue weighted by atomic mass is 9.84. The first-order valence-electron chi connectivity index (χ1n) is 5.86. The van der Waals surface area contributed by atoms with Gasteiger partial charge in [0.15, 0.2) is 6.10 Å². The van der Waals surface area contributed by atoms with Crippen LogP contribution in [0.4, 0.5) is 0 Å². The molecule has 0 fully saturated rings. The number of rotatable bonds is 3. The number of hydrogen-bond donors (Lipinski definition) is 1. The third-order valence-electron chi connectivity index (χ3n) is 2.81. The molecule has 1 N–H and O–H groups in total. The highest BCUT2D eigenvalue weighted by Crippen LogP contribution is 2.39. The van der Waals surface area contributed by atoms with Crippen LogP contribution in [0.25, 0.3) is 0 Å². The van der Waals surface area contributed by atoms with E-state index < -0.39 is 12.1 Å². The minimum Gasteiger partial charge on any atom is -0.496 e. The van der Waals surface area contributed by atoms with Crippen molar-refractivity contribution in [2.24, 2.45) is 0 Å². The summed E-state index contributed by atoms with van der Waals surface area (Å²) in [7, 11) is 2.71. The average molecular weight is 287 g/mol. The number of aliphatic hydroxyl groups excluding tert-OH is 1. The Morgan fingerprint density at radius 1 is 1.32 bits per heavy atom. The van der Waals surface area contributed by atoms with Crippen molar-refractivity contribution in [3.8, 4) is 5.75 Å². The third kappa shape index (κ3) is 3.39. The predicted molar refractivity (Wildman–Crippen MR) is 73.7 cm³/mol. The van der Waals surface area contributed by atoms with Gasteiger partial charge in [0.25, 0.3) is 0 Å². The van der Waals surface area contributed by atoms with Crippen molar-refractivity contribution in [3.63, 3.8) is 0 Å². The first-order valence-corrected chi connectivity index (χ1v) is 6.24. The molecule has 106 valence electrons. The molecule has 0 aliphatic rings. The van der Waals surface area contributed by atoms with E-state index in [9.17, 15) is 9.90 Å². The molecule has 4 nitrogen and oxygen atoms in total. The van der Waals surface area contributed by atoms with Crippen LogP contribution in [0, 0.1) is 0 Å². The average Bonchev–Trinajstić information content (AvgIpc) is 2.34. The molecule has 0 saturated heterocycles. The van der Waals surface area contributed by atoms with Crippen molar-refractivity contribution in [1.29, 1.82) is 0 Å². The predicted octanol–water partition coefficient (Wildman–Crippen LogP) is 2.85. The maximum absolute atomic E-state index is 11.5. The Labute approximate surface area is 118 Å². The third-order valence-corrected chi connectivity index (χ3v) is 3.03. The molecular formula is C14H19ClO4. The van der Waals surface area contributed by atoms with Crippen molar-refractivity contribution in [2.75, 3.05) is 14.2 Å². The van der Waals surface area contributed by atoms with Crippen LogP contribution in [0.2, 0.25) is 5.02 Å². The zero-order chi connectivity index (χ0) is 14.8. The van der Waals surface area contributed by atoms with Gasteiger partial charge in [-0.2, -0.15) is 0 Å². The van der Waals surface area contributed by atoms with Gasteiger partial charge in [-0.15, -0.1) is 0 Å². The molecule has 0 spiro atoms. The second-order valence-corrected chi connectivity index (χ2v) is 5.69. The Morgan fingerprint density at radius 3 is 2.32 bits per heavy atom. The number of carbonyl (C=O) groups excluding carboxylic acids is 1. The van der Waals surface area contributed by atoms with E-state index in [-0.39, 0.29) is 5.41 Å². The van der Waals surface area contributed by atoms with Crippen LogP contribution in [0.3, 0.4) is 0 Å². The highest BCUT2D eigenvalue weighted by molar-refractivity contribution is 6.30. The Hall–Kier alpha value is -1.26. The van der Waals surface area contributed by atoms with Gasteiger partial charge in [0, 0.05) is 16.1 Å². The van der Waals surface area contributed by atoms with Gasteiger partial charge in [-0.05, 0) is 17.5 Å². The maximum Gasteiger partial charge on any atom is 0.339 e. The van der Waals surface area contributed by atoms with Gasteiger partial charge < -0.3 is 14.6 Å². The lowest BCUT2D eigenvalue weighted by molar-refractivity contribution is -0.150. The summed E-state index contributed by atoms with van der Waals surface area (Å²) in [4.78, 5) is 11.5. The van der Waals surface area contributed by atoms with Gasteiger partial charge in [-0.3, -0.25) is 0 Å². The molecule has 1 atom stereocenters. The molecule has 1 aromatic carbocycles. The number of ether oxygens (including phenoxy) is 2. The number of methoxy groups -OCH3 is 2. The molecule has 5 heteroatoms. The van der Waals surface area contributed by atoms with Crippen LogP contribution in [0.15, 0.2) is 12.1 Å². The van der Waals surface area contributed by atoms with Gasteiger partial charge in [-0.25, -0.2) is 4.79 Å². The molecule has 0 aliphatic heterocycles. The topological polar surface area (TPSA) is 55.8 Å². The smallest absolute Gasteiger partial charge is 0.339 e. The fourth-order valence-electron chi connectivity index (χ4n) is 1.84. The summed E-state index contributed by atoms with van der Waals surface area (Å²) in [5, 5.41) is 10.4. The largest absolute Gasteiger partial charge is 0.496 e. The summed E-state index contributed by atoms with van der Waals surface area (Å²) in [6.45, 7) is 5.99. The number of halogens is 1. The van der Waals surface area contributed by atoms with Gasteiger partial charge >= 0.3 is 5.97 Å². The molecule has 0 aliphatic carbocycles. The van der Waals surface area contributed by atoms with E-state index in [2.05, 4.69) is 4.74 Å². The summed E-state index contributed by atoms with van der Waals surface area (Å²) in [5.74, 6) is -0.296. The van der Waals surface area contributed by atoms with Crippen LogP contribution in [-0.4, -0.2) is 25.3 Å². The van der Waals surface area contributed by atoms with E-state index in [0.717, 1.165) is 5.56 Å². The highest BCUT2D eigenvalue weighted by atomic mass is 35.5. The lowest BCUT2D eigenvalue weighted by Crippen LogP contribution is -2.18. The van der Waals surface area contributed by atoms with Crippen LogP contribution < -0.4 is 4.74 Å². The Balaban J connectivity index is 3.48. The summed E-state index contributed by atoms with van der Waals surface area (Å²) >= 11 is 6.06. The van der Waals surface area contributed by atoms with Crippen molar-refractivity contribution in [1.82, 2.24) is 0 Å². The van der Waals surface area contributed by atoms with Gasteiger partial charge in [0.1, 0.15) is 5.75 Å². The molecule has 1 unspecified atom stereocenters. The van der Waals surface area contributed by atoms with E-state index in [0.29, 0.717) is 16.3 Å². The number of benzene rings is 1. The summed E-state index contributed by atoms with van der Waals surface area (Å²) in [6, 6.07) is 3.28. The minimum atomic E-state index is -1.42. The molecule has 0 amide bonds. The van der Waals surface area contributed by atoms with E-state index >= 15 is 0 Å². The second kappa shape index (κ2) is 5.80. The van der Waals surface area contributed by atoms with Crippen LogP contribution in [0.1, 0.15) is 38.0 Å². The standard InChI is InChI=1S/C14H19ClO4/c1-14(2,3)10-7-8(15)6-9(12(10)18-4)11(16)13(17)19-5/h6-7,11,16H,1-5H3. The quantitative estimate of drug-likeness (QED) is 0.868. The van der Waals surface area contributed by atoms with E-state index in [1.54, 1.807) is 6.07 Å². The van der Waals surface area contributed by atoms with Gasteiger partial charge in [-0.1, -0.05) is 32.4 Å². The fraction of sp³-hybridized carbons (Fsp3) is 0.500. The molecule has 0 heterocycles. The van der Waals surface area contributed by atoms with E-state index in [1.165, 1.54) is 20.3 Å². The Kier molecular flexibility index (Phi) is 4.82. The zero-order valence-electron chi connectivity index (χ0n) is 11.8. The maximum atomic E-state index is 11.5. The molecule has 1 rings (SSSR count).